The molecule has 0 radical (unpaired) electrons. The Bertz CT molecular complexity index is 784. The van der Waals surface area contributed by atoms with Crippen LogP contribution in [-0.4, -0.2) is 40.9 Å². The molecule has 0 bridgehead atoms. The molecule has 0 fully saturated rings. The van der Waals surface area contributed by atoms with Gasteiger partial charge in [-0.2, -0.15) is 13.2 Å². The van der Waals surface area contributed by atoms with Crippen molar-refractivity contribution in [2.24, 2.45) is 5.92 Å². The lowest BCUT2D eigenvalue weighted by Gasteiger charge is -2.38. The molecule has 33 heavy (non-hydrogen) atoms. The first-order chi connectivity index (χ1) is 15.2. The molecule has 0 aliphatic rings. The van der Waals surface area contributed by atoms with Gasteiger partial charge in [0.1, 0.15) is 14.0 Å². The number of carbonyl (C=O) groups excluding carboxylic acids is 1. The monoisotopic (exact) mass is 483 g/mol. The lowest BCUT2D eigenvalue weighted by molar-refractivity contribution is -0.160. The average molecular weight is 484 g/mol. The summed E-state index contributed by atoms with van der Waals surface area (Å²) < 4.78 is 46.3. The van der Waals surface area contributed by atoms with Gasteiger partial charge in [-0.1, -0.05) is 47.5 Å². The number of hydrogen-bond acceptors (Lipinski definition) is 3. The second kappa shape index (κ2) is 12.5. The van der Waals surface area contributed by atoms with E-state index in [1.165, 1.54) is 0 Å². The van der Waals surface area contributed by atoms with Crippen LogP contribution in [0.25, 0.3) is 0 Å². The van der Waals surface area contributed by atoms with Gasteiger partial charge in [0.2, 0.25) is 0 Å². The second-order valence-electron chi connectivity index (χ2n) is 9.83. The van der Waals surface area contributed by atoms with Crippen molar-refractivity contribution in [1.29, 1.82) is 0 Å². The minimum absolute atomic E-state index is 0.0790. The Hall–Kier alpha value is -1.94. The lowest BCUT2D eigenvalue weighted by Crippen LogP contribution is -2.43. The fourth-order valence-electron chi connectivity index (χ4n) is 4.56. The van der Waals surface area contributed by atoms with Gasteiger partial charge in [0.05, 0.1) is 12.2 Å². The van der Waals surface area contributed by atoms with Crippen LogP contribution in [0.3, 0.4) is 0 Å². The van der Waals surface area contributed by atoms with Crippen LogP contribution in [0.1, 0.15) is 71.2 Å². The van der Waals surface area contributed by atoms with E-state index in [1.54, 1.807) is 12.1 Å². The van der Waals surface area contributed by atoms with E-state index in [4.69, 9.17) is 4.74 Å². The van der Waals surface area contributed by atoms with Crippen molar-refractivity contribution in [2.75, 3.05) is 25.6 Å². The molecule has 0 N–H and O–H groups in total. The maximum atomic E-state index is 13.7. The molecule has 0 saturated heterocycles. The van der Waals surface area contributed by atoms with Gasteiger partial charge in [0, 0.05) is 19.8 Å². The van der Waals surface area contributed by atoms with Crippen molar-refractivity contribution in [3.63, 3.8) is 0 Å². The van der Waals surface area contributed by atoms with Gasteiger partial charge in [0.25, 0.3) is 0 Å². The van der Waals surface area contributed by atoms with Gasteiger partial charge in [-0.25, -0.2) is 4.79 Å². The van der Waals surface area contributed by atoms with Gasteiger partial charge in [-0.3, -0.25) is 0 Å². The number of anilines is 1. The van der Waals surface area contributed by atoms with Crippen LogP contribution in [0.5, 0.6) is 0 Å². The molecular formula is C26H40F3NO2Si. The normalized spacial score (nSPS) is 13.2. The average Bonchev–Trinajstić information content (AvgIpc) is 2.70. The Labute approximate surface area is 199 Å². The Balaban J connectivity index is 2.72. The van der Waals surface area contributed by atoms with E-state index >= 15 is 0 Å². The lowest BCUT2D eigenvalue weighted by atomic mass is 10.0. The molecule has 0 heterocycles. The van der Waals surface area contributed by atoms with Gasteiger partial charge < -0.3 is 9.64 Å². The summed E-state index contributed by atoms with van der Waals surface area (Å²) in [6.45, 7) is 12.6. The number of nitrogens with zero attached hydrogens (tertiary/aromatic N) is 1. The van der Waals surface area contributed by atoms with Crippen LogP contribution >= 0.6 is 0 Å². The number of rotatable bonds is 10. The van der Waals surface area contributed by atoms with Crippen LogP contribution in [0.4, 0.5) is 18.9 Å². The molecule has 0 aliphatic heterocycles. The second-order valence-corrected chi connectivity index (χ2v) is 15.4. The summed E-state index contributed by atoms with van der Waals surface area (Å²) in [5.74, 6) is 0.552. The van der Waals surface area contributed by atoms with Crippen molar-refractivity contribution in [3.8, 4) is 11.5 Å². The third kappa shape index (κ3) is 8.10. The predicted octanol–water partition coefficient (Wildman–Crippen LogP) is 7.48. The molecule has 0 saturated carbocycles. The molecule has 7 heteroatoms. The molecule has 1 aromatic carbocycles. The first-order valence-corrected chi connectivity index (χ1v) is 14.0. The van der Waals surface area contributed by atoms with E-state index in [9.17, 15) is 18.0 Å². The largest absolute Gasteiger partial charge is 0.462 e. The van der Waals surface area contributed by atoms with E-state index in [0.29, 0.717) is 18.4 Å². The van der Waals surface area contributed by atoms with Gasteiger partial charge in [-0.05, 0) is 60.2 Å². The van der Waals surface area contributed by atoms with Crippen molar-refractivity contribution in [3.05, 3.63) is 29.8 Å². The highest BCUT2D eigenvalue weighted by molar-refractivity contribution is 6.90. The molecular weight excluding hydrogens is 443 g/mol. The van der Waals surface area contributed by atoms with Crippen LogP contribution < -0.4 is 4.90 Å². The minimum atomic E-state index is -4.36. The molecule has 0 aromatic heterocycles. The molecule has 1 aromatic rings. The Morgan fingerprint density at radius 3 is 1.91 bits per heavy atom. The summed E-state index contributed by atoms with van der Waals surface area (Å²) in [6, 6.07) is 7.00. The number of benzene rings is 1. The van der Waals surface area contributed by atoms with Gasteiger partial charge in [0.15, 0.2) is 0 Å². The summed E-state index contributed by atoms with van der Waals surface area (Å²) in [5, 5.41) is 0. The number of carbonyl (C=O) groups is 1. The predicted molar refractivity (Wildman–Crippen MR) is 133 cm³/mol. The number of alkyl halides is 3. The Morgan fingerprint density at radius 1 is 0.970 bits per heavy atom. The highest BCUT2D eigenvalue weighted by atomic mass is 28.3. The topological polar surface area (TPSA) is 29.5 Å². The standard InChI is InChI=1S/C26H40F3NO2Si/c1-19(2)33(20(3)4,21(5)6)18-16-23(26(27,28)29)11-9-10-17-32-25(31)22-12-14-24(15-13-22)30(7)8/h12-15,19-21,23H,9-11,17H2,1-8H3/t23-/m1/s1. The zero-order valence-electron chi connectivity index (χ0n) is 21.3. The van der Waals surface area contributed by atoms with E-state index < -0.39 is 26.1 Å². The van der Waals surface area contributed by atoms with Crippen LogP contribution in [0, 0.1) is 17.4 Å². The summed E-state index contributed by atoms with van der Waals surface area (Å²) in [4.78, 5) is 14.1. The highest BCUT2D eigenvalue weighted by Crippen LogP contribution is 2.41. The van der Waals surface area contributed by atoms with Crippen LogP contribution in [-0.2, 0) is 4.74 Å². The number of hydrogen-bond donors (Lipinski definition) is 0. The SMILES string of the molecule is CC(C)[Si](C#C[C@@H](CCCCOC(=O)c1ccc(N(C)C)cc1)C(F)(F)F)(C(C)C)C(C)C. The maximum Gasteiger partial charge on any atom is 0.402 e. The Kier molecular flexibility index (Phi) is 11.0. The fraction of sp³-hybridized carbons (Fsp3) is 0.654. The molecule has 0 amide bonds. The van der Waals surface area contributed by atoms with E-state index in [-0.39, 0.29) is 29.7 Å². The maximum absolute atomic E-state index is 13.7. The summed E-state index contributed by atoms with van der Waals surface area (Å²) in [6.07, 6.45) is -3.77. The Morgan fingerprint density at radius 2 is 1.48 bits per heavy atom. The number of unbranched alkanes of at least 4 members (excludes halogenated alkanes) is 1. The summed E-state index contributed by atoms with van der Waals surface area (Å²) in [5.41, 5.74) is 5.45. The molecule has 0 aliphatic carbocycles. The third-order valence-electron chi connectivity index (χ3n) is 6.46. The molecule has 186 valence electrons. The van der Waals surface area contributed by atoms with Crippen molar-refractivity contribution >= 4 is 19.7 Å². The van der Waals surface area contributed by atoms with Crippen LogP contribution in [0.15, 0.2) is 24.3 Å². The first-order valence-electron chi connectivity index (χ1n) is 11.8. The van der Waals surface area contributed by atoms with E-state index in [1.807, 2.05) is 31.1 Å². The summed E-state index contributed by atoms with van der Waals surface area (Å²) >= 11 is 0. The number of halogens is 3. The van der Waals surface area contributed by atoms with Crippen molar-refractivity contribution in [1.82, 2.24) is 0 Å². The highest BCUT2D eigenvalue weighted by Gasteiger charge is 2.43. The van der Waals surface area contributed by atoms with Gasteiger partial charge in [-0.15, -0.1) is 5.54 Å². The van der Waals surface area contributed by atoms with Crippen LogP contribution in [0.2, 0.25) is 16.6 Å². The quantitative estimate of drug-likeness (QED) is 0.149. The summed E-state index contributed by atoms with van der Waals surface area (Å²) in [7, 11) is 1.59. The fourth-order valence-corrected chi connectivity index (χ4v) is 9.85. The zero-order valence-corrected chi connectivity index (χ0v) is 22.3. The molecule has 3 nitrogen and oxygen atoms in total. The molecule has 1 rings (SSSR count). The minimum Gasteiger partial charge on any atom is -0.462 e. The number of ether oxygens (including phenoxy) is 1. The number of esters is 1. The smallest absolute Gasteiger partial charge is 0.402 e. The third-order valence-corrected chi connectivity index (χ3v) is 12.8. The van der Waals surface area contributed by atoms with Gasteiger partial charge >= 0.3 is 12.1 Å². The molecule has 0 unspecified atom stereocenters. The molecule has 1 atom stereocenters. The zero-order chi connectivity index (χ0) is 25.4. The van der Waals surface area contributed by atoms with Crippen molar-refractivity contribution < 1.29 is 22.7 Å². The van der Waals surface area contributed by atoms with E-state index in [0.717, 1.165) is 5.69 Å². The molecule has 0 spiro atoms. The first kappa shape index (κ1) is 29.1. The van der Waals surface area contributed by atoms with Crippen molar-refractivity contribution in [2.45, 2.75) is 83.6 Å². The van der Waals surface area contributed by atoms with E-state index in [2.05, 4.69) is 53.0 Å².